The van der Waals surface area contributed by atoms with Crippen LogP contribution in [0.2, 0.25) is 15.1 Å². The van der Waals surface area contributed by atoms with Crippen LogP contribution in [0.5, 0.6) is 5.75 Å². The van der Waals surface area contributed by atoms with E-state index in [0.717, 1.165) is 0 Å². The number of benzene rings is 1. The number of phenols is 1. The number of hydrogen-bond donors (Lipinski definition) is 2. The number of anilines is 1. The molecule has 6 nitrogen and oxygen atoms in total. The van der Waals surface area contributed by atoms with Gasteiger partial charge in [-0.2, -0.15) is 5.10 Å². The molecule has 0 saturated heterocycles. The van der Waals surface area contributed by atoms with E-state index < -0.39 is 0 Å². The first-order valence-electron chi connectivity index (χ1n) is 5.97. The summed E-state index contributed by atoms with van der Waals surface area (Å²) in [5.74, 6) is -0.624. The molecule has 0 fully saturated rings. The summed E-state index contributed by atoms with van der Waals surface area (Å²) in [6, 6.07) is 1.31. The van der Waals surface area contributed by atoms with E-state index in [2.05, 4.69) is 15.4 Å². The molecule has 112 valence electrons. The van der Waals surface area contributed by atoms with Crippen molar-refractivity contribution in [2.24, 2.45) is 0 Å². The third-order valence-electron chi connectivity index (χ3n) is 2.67. The maximum atomic E-state index is 11.9. The van der Waals surface area contributed by atoms with Gasteiger partial charge in [-0.15, -0.1) is 0 Å². The van der Waals surface area contributed by atoms with Gasteiger partial charge in [0.1, 0.15) is 18.3 Å². The topological polar surface area (TPSA) is 80.0 Å². The first-order valence-corrected chi connectivity index (χ1v) is 7.11. The lowest BCUT2D eigenvalue weighted by Crippen LogP contribution is -2.13. The van der Waals surface area contributed by atoms with Crippen molar-refractivity contribution in [1.82, 2.24) is 14.8 Å². The Balaban J connectivity index is 1.96. The van der Waals surface area contributed by atoms with Crippen LogP contribution in [0.3, 0.4) is 0 Å². The molecule has 1 aromatic heterocycles. The van der Waals surface area contributed by atoms with Crippen molar-refractivity contribution in [1.29, 1.82) is 0 Å². The van der Waals surface area contributed by atoms with Gasteiger partial charge in [0.25, 0.3) is 0 Å². The Morgan fingerprint density at radius 2 is 2.10 bits per heavy atom. The predicted octanol–water partition coefficient (Wildman–Crippen LogP) is 3.36. The van der Waals surface area contributed by atoms with E-state index in [4.69, 9.17) is 34.8 Å². The fourth-order valence-electron chi connectivity index (χ4n) is 1.65. The lowest BCUT2D eigenvalue weighted by atomic mass is 10.2. The first-order chi connectivity index (χ1) is 9.99. The summed E-state index contributed by atoms with van der Waals surface area (Å²) in [4.78, 5) is 15.7. The Morgan fingerprint density at radius 3 is 2.76 bits per heavy atom. The summed E-state index contributed by atoms with van der Waals surface area (Å²) in [6.07, 6.45) is 3.77. The van der Waals surface area contributed by atoms with Crippen LogP contribution in [-0.4, -0.2) is 25.8 Å². The average Bonchev–Trinajstić information content (AvgIpc) is 2.95. The van der Waals surface area contributed by atoms with E-state index in [1.165, 1.54) is 12.4 Å². The summed E-state index contributed by atoms with van der Waals surface area (Å²) in [7, 11) is 0. The van der Waals surface area contributed by atoms with Crippen LogP contribution in [0.25, 0.3) is 0 Å². The molecule has 0 saturated carbocycles. The van der Waals surface area contributed by atoms with Gasteiger partial charge in [0, 0.05) is 13.0 Å². The Hall–Kier alpha value is -1.50. The Kier molecular flexibility index (Phi) is 5.27. The van der Waals surface area contributed by atoms with Crippen LogP contribution in [0, 0.1) is 0 Å². The molecule has 21 heavy (non-hydrogen) atoms. The van der Waals surface area contributed by atoms with Gasteiger partial charge in [-0.1, -0.05) is 34.8 Å². The maximum Gasteiger partial charge on any atom is 0.224 e. The molecule has 0 bridgehead atoms. The van der Waals surface area contributed by atoms with Crippen LogP contribution in [0.15, 0.2) is 18.7 Å². The molecule has 0 aliphatic heterocycles. The fourth-order valence-corrected chi connectivity index (χ4v) is 2.31. The molecule has 0 aliphatic rings. The molecule has 1 heterocycles. The molecule has 1 amide bonds. The molecule has 1 aromatic carbocycles. The number of rotatable bonds is 5. The number of nitrogens with one attached hydrogen (secondary N) is 1. The number of aryl methyl sites for hydroxylation is 1. The van der Waals surface area contributed by atoms with E-state index in [0.29, 0.717) is 13.0 Å². The zero-order valence-corrected chi connectivity index (χ0v) is 13.0. The average molecular weight is 350 g/mol. The van der Waals surface area contributed by atoms with Gasteiger partial charge in [-0.3, -0.25) is 9.48 Å². The minimum absolute atomic E-state index is 0.0138. The van der Waals surface area contributed by atoms with Crippen LogP contribution >= 0.6 is 34.8 Å². The van der Waals surface area contributed by atoms with Crippen LogP contribution in [0.4, 0.5) is 5.69 Å². The van der Waals surface area contributed by atoms with Gasteiger partial charge in [-0.25, -0.2) is 4.98 Å². The van der Waals surface area contributed by atoms with Crippen LogP contribution in [-0.2, 0) is 11.3 Å². The lowest BCUT2D eigenvalue weighted by Gasteiger charge is -2.11. The van der Waals surface area contributed by atoms with E-state index in [9.17, 15) is 9.90 Å². The number of phenolic OH excluding ortho intramolecular Hbond substituents is 1. The minimum Gasteiger partial charge on any atom is -0.504 e. The summed E-state index contributed by atoms with van der Waals surface area (Å²) < 4.78 is 1.62. The summed E-state index contributed by atoms with van der Waals surface area (Å²) in [6.45, 7) is 0.559. The number of amides is 1. The second-order valence-corrected chi connectivity index (χ2v) is 5.38. The molecule has 0 aliphatic carbocycles. The highest BCUT2D eigenvalue weighted by Crippen LogP contribution is 2.42. The van der Waals surface area contributed by atoms with Crippen molar-refractivity contribution >= 4 is 46.4 Å². The van der Waals surface area contributed by atoms with E-state index >= 15 is 0 Å². The molecule has 0 unspecified atom stereocenters. The number of halogens is 3. The van der Waals surface area contributed by atoms with Gasteiger partial charge in [0.2, 0.25) is 5.91 Å². The number of carbonyl (C=O) groups is 1. The SMILES string of the molecule is O=C(CCCn1cncn1)Nc1c(O)c(Cl)cc(Cl)c1Cl. The molecule has 2 rings (SSSR count). The third kappa shape index (κ3) is 4.00. The molecule has 2 aromatic rings. The largest absolute Gasteiger partial charge is 0.504 e. The minimum atomic E-state index is -0.314. The molecular formula is C12H11Cl3N4O2. The van der Waals surface area contributed by atoms with E-state index in [1.54, 1.807) is 11.0 Å². The smallest absolute Gasteiger partial charge is 0.224 e. The van der Waals surface area contributed by atoms with Gasteiger partial charge >= 0.3 is 0 Å². The highest BCUT2D eigenvalue weighted by Gasteiger charge is 2.16. The number of aromatic hydroxyl groups is 1. The van der Waals surface area contributed by atoms with Crippen LogP contribution < -0.4 is 5.32 Å². The zero-order chi connectivity index (χ0) is 15.4. The molecule has 9 heteroatoms. The van der Waals surface area contributed by atoms with Crippen molar-refractivity contribution in [3.05, 3.63) is 33.8 Å². The van der Waals surface area contributed by atoms with Gasteiger partial charge < -0.3 is 10.4 Å². The van der Waals surface area contributed by atoms with E-state index in [-0.39, 0.29) is 38.8 Å². The van der Waals surface area contributed by atoms with Crippen molar-refractivity contribution in [3.8, 4) is 5.75 Å². The monoisotopic (exact) mass is 348 g/mol. The normalized spacial score (nSPS) is 10.6. The number of aromatic nitrogens is 3. The molecule has 0 atom stereocenters. The number of nitrogens with zero attached hydrogens (tertiary/aromatic N) is 3. The molecule has 2 N–H and O–H groups in total. The van der Waals surface area contributed by atoms with Gasteiger partial charge in [0.05, 0.1) is 15.1 Å². The van der Waals surface area contributed by atoms with Crippen LogP contribution in [0.1, 0.15) is 12.8 Å². The predicted molar refractivity (Wildman–Crippen MR) is 81.0 cm³/mol. The van der Waals surface area contributed by atoms with Crippen molar-refractivity contribution < 1.29 is 9.90 Å². The summed E-state index contributed by atoms with van der Waals surface area (Å²) in [5, 5.41) is 16.5. The second kappa shape index (κ2) is 6.98. The maximum absolute atomic E-state index is 11.9. The lowest BCUT2D eigenvalue weighted by molar-refractivity contribution is -0.116. The zero-order valence-electron chi connectivity index (χ0n) is 10.7. The Labute approximate surface area is 135 Å². The highest BCUT2D eigenvalue weighted by molar-refractivity contribution is 6.46. The number of carbonyl (C=O) groups excluding carboxylic acids is 1. The molecular weight excluding hydrogens is 339 g/mol. The quantitative estimate of drug-likeness (QED) is 0.641. The van der Waals surface area contributed by atoms with Crippen molar-refractivity contribution in [3.63, 3.8) is 0 Å². The van der Waals surface area contributed by atoms with Gasteiger partial charge in [0.15, 0.2) is 5.75 Å². The second-order valence-electron chi connectivity index (χ2n) is 4.19. The summed E-state index contributed by atoms with van der Waals surface area (Å²) >= 11 is 17.6. The van der Waals surface area contributed by atoms with Crippen molar-refractivity contribution in [2.75, 3.05) is 5.32 Å². The van der Waals surface area contributed by atoms with Crippen molar-refractivity contribution in [2.45, 2.75) is 19.4 Å². The standard InChI is InChI=1S/C12H11Cl3N4O2/c13-7-4-8(14)12(21)11(10(7)15)18-9(20)2-1-3-19-6-16-5-17-19/h4-6,21H,1-3H2,(H,18,20). The van der Waals surface area contributed by atoms with E-state index in [1.807, 2.05) is 0 Å². The Morgan fingerprint density at radius 1 is 1.33 bits per heavy atom. The molecule has 0 spiro atoms. The first kappa shape index (κ1) is 15.9. The Bertz CT molecular complexity index is 620. The number of hydrogen-bond acceptors (Lipinski definition) is 4. The fraction of sp³-hybridized carbons (Fsp3) is 0.250. The summed E-state index contributed by atoms with van der Waals surface area (Å²) in [5.41, 5.74) is 0.0138. The highest BCUT2D eigenvalue weighted by atomic mass is 35.5. The van der Waals surface area contributed by atoms with Gasteiger partial charge in [-0.05, 0) is 12.5 Å². The third-order valence-corrected chi connectivity index (χ3v) is 3.74. The molecule has 0 radical (unpaired) electrons.